The Morgan fingerprint density at radius 1 is 1.38 bits per heavy atom. The second kappa shape index (κ2) is 7.81. The van der Waals surface area contributed by atoms with Crippen LogP contribution in [-0.4, -0.2) is 56.3 Å². The molecule has 2 N–H and O–H groups in total. The molecule has 0 bridgehead atoms. The van der Waals surface area contributed by atoms with E-state index in [2.05, 4.69) is 5.32 Å². The van der Waals surface area contributed by atoms with Crippen LogP contribution in [0.15, 0.2) is 15.3 Å². The van der Waals surface area contributed by atoms with Gasteiger partial charge in [0.15, 0.2) is 5.76 Å². The van der Waals surface area contributed by atoms with Gasteiger partial charge in [-0.25, -0.2) is 0 Å². The summed E-state index contributed by atoms with van der Waals surface area (Å²) in [5.74, 6) is 0.108. The lowest BCUT2D eigenvalue weighted by molar-refractivity contribution is -0.123. The number of carbonyl (C=O) groups is 1. The van der Waals surface area contributed by atoms with Crippen molar-refractivity contribution in [2.24, 2.45) is 0 Å². The molecule has 1 aliphatic heterocycles. The fraction of sp³-hybridized carbons (Fsp3) is 0.647. The molecule has 0 atom stereocenters. The number of likely N-dealkylation sites (N-methyl/N-ethyl adjacent to an activating group) is 1. The number of hydrogen-bond acceptors (Lipinski definition) is 6. The van der Waals surface area contributed by atoms with Gasteiger partial charge in [0.1, 0.15) is 5.76 Å². The average molecular weight is 338 g/mol. The molecular weight excluding hydrogens is 312 g/mol. The second-order valence-electron chi connectivity index (χ2n) is 6.62. The smallest absolute Gasteiger partial charge is 0.227 e. The predicted octanol–water partition coefficient (Wildman–Crippen LogP) is 0.770. The fourth-order valence-corrected chi connectivity index (χ4v) is 3.00. The van der Waals surface area contributed by atoms with E-state index in [4.69, 9.17) is 9.15 Å². The van der Waals surface area contributed by atoms with Gasteiger partial charge in [0, 0.05) is 44.2 Å². The van der Waals surface area contributed by atoms with Crippen LogP contribution < -0.4 is 10.7 Å². The number of rotatable bonds is 6. The van der Waals surface area contributed by atoms with Crippen molar-refractivity contribution in [1.29, 1.82) is 0 Å². The highest BCUT2D eigenvalue weighted by molar-refractivity contribution is 5.77. The zero-order valence-electron chi connectivity index (χ0n) is 14.6. The van der Waals surface area contributed by atoms with Gasteiger partial charge in [-0.3, -0.25) is 9.59 Å². The molecule has 1 fully saturated rings. The van der Waals surface area contributed by atoms with Crippen LogP contribution in [0.5, 0.6) is 5.75 Å². The van der Waals surface area contributed by atoms with E-state index in [1.165, 1.54) is 6.07 Å². The third kappa shape index (κ3) is 4.36. The molecular formula is C17H26N2O5. The summed E-state index contributed by atoms with van der Waals surface area (Å²) in [5, 5.41) is 13.1. The van der Waals surface area contributed by atoms with Crippen molar-refractivity contribution in [1.82, 2.24) is 10.2 Å². The number of carbonyl (C=O) groups excluding carboxylic acids is 1. The molecule has 1 saturated heterocycles. The second-order valence-corrected chi connectivity index (χ2v) is 6.62. The van der Waals surface area contributed by atoms with E-state index in [0.717, 1.165) is 6.54 Å². The Balaban J connectivity index is 2.24. The molecule has 0 unspecified atom stereocenters. The van der Waals surface area contributed by atoms with Crippen molar-refractivity contribution >= 4 is 5.91 Å². The maximum Gasteiger partial charge on any atom is 0.227 e. The van der Waals surface area contributed by atoms with E-state index >= 15 is 0 Å². The van der Waals surface area contributed by atoms with Crippen molar-refractivity contribution in [3.05, 3.63) is 27.8 Å². The number of amides is 1. The lowest BCUT2D eigenvalue weighted by Crippen LogP contribution is -2.41. The Hall–Kier alpha value is -1.86. The third-order valence-corrected chi connectivity index (χ3v) is 4.36. The van der Waals surface area contributed by atoms with Gasteiger partial charge >= 0.3 is 0 Å². The number of aromatic hydroxyl groups is 1. The maximum atomic E-state index is 12.4. The van der Waals surface area contributed by atoms with Crippen LogP contribution in [0.1, 0.15) is 30.8 Å². The molecule has 0 saturated carbocycles. The SMILES string of the molecule is Cc1cc(=O)c(O)c(C2(CC(=O)NCCN(C)C)CCOCC2)o1. The Bertz CT molecular complexity index is 632. The Kier molecular flexibility index (Phi) is 6.01. The summed E-state index contributed by atoms with van der Waals surface area (Å²) in [6.07, 6.45) is 1.20. The van der Waals surface area contributed by atoms with Crippen LogP contribution in [-0.2, 0) is 14.9 Å². The van der Waals surface area contributed by atoms with Gasteiger partial charge in [0.2, 0.25) is 17.1 Å². The molecule has 2 rings (SSSR count). The molecule has 1 aliphatic rings. The van der Waals surface area contributed by atoms with Gasteiger partial charge in [-0.1, -0.05) is 0 Å². The molecule has 0 aliphatic carbocycles. The minimum atomic E-state index is -0.713. The number of hydrogen-bond donors (Lipinski definition) is 2. The van der Waals surface area contributed by atoms with Crippen molar-refractivity contribution < 1.29 is 19.1 Å². The summed E-state index contributed by atoms with van der Waals surface area (Å²) >= 11 is 0. The van der Waals surface area contributed by atoms with E-state index in [-0.39, 0.29) is 18.1 Å². The molecule has 0 aromatic carbocycles. The van der Waals surface area contributed by atoms with Crippen LogP contribution in [0.3, 0.4) is 0 Å². The Labute approximate surface area is 141 Å². The molecule has 7 heteroatoms. The maximum absolute atomic E-state index is 12.4. The topological polar surface area (TPSA) is 92.0 Å². The fourth-order valence-electron chi connectivity index (χ4n) is 3.00. The van der Waals surface area contributed by atoms with E-state index in [0.29, 0.717) is 38.4 Å². The summed E-state index contributed by atoms with van der Waals surface area (Å²) in [7, 11) is 3.87. The number of nitrogens with one attached hydrogen (secondary N) is 1. The summed E-state index contributed by atoms with van der Waals surface area (Å²) < 4.78 is 11.1. The highest BCUT2D eigenvalue weighted by atomic mass is 16.5. The monoisotopic (exact) mass is 338 g/mol. The van der Waals surface area contributed by atoms with Gasteiger partial charge in [-0.15, -0.1) is 0 Å². The lowest BCUT2D eigenvalue weighted by atomic mass is 9.74. The first-order chi connectivity index (χ1) is 11.3. The minimum absolute atomic E-state index is 0.123. The largest absolute Gasteiger partial charge is 0.502 e. The van der Waals surface area contributed by atoms with Gasteiger partial charge < -0.3 is 24.5 Å². The molecule has 0 spiro atoms. The van der Waals surface area contributed by atoms with E-state index < -0.39 is 16.6 Å². The molecule has 1 aromatic rings. The van der Waals surface area contributed by atoms with Crippen LogP contribution in [0.4, 0.5) is 0 Å². The first kappa shape index (κ1) is 18.5. The molecule has 7 nitrogen and oxygen atoms in total. The first-order valence-corrected chi connectivity index (χ1v) is 8.17. The van der Waals surface area contributed by atoms with Crippen LogP contribution in [0, 0.1) is 6.92 Å². The van der Waals surface area contributed by atoms with Crippen molar-refractivity contribution in [2.75, 3.05) is 40.4 Å². The van der Waals surface area contributed by atoms with Gasteiger partial charge in [-0.2, -0.15) is 0 Å². The zero-order chi connectivity index (χ0) is 17.7. The normalized spacial score (nSPS) is 17.0. The van der Waals surface area contributed by atoms with E-state index in [9.17, 15) is 14.7 Å². The van der Waals surface area contributed by atoms with E-state index in [1.54, 1.807) is 6.92 Å². The Morgan fingerprint density at radius 2 is 2.04 bits per heavy atom. The molecule has 1 amide bonds. The average Bonchev–Trinajstić information content (AvgIpc) is 2.51. The lowest BCUT2D eigenvalue weighted by Gasteiger charge is -2.35. The standard InChI is InChI=1S/C17H26N2O5/c1-12-10-13(20)15(22)16(24-12)17(4-8-23-9-5-17)11-14(21)18-6-7-19(2)3/h10,22H,4-9,11H2,1-3H3,(H,18,21). The highest BCUT2D eigenvalue weighted by Gasteiger charge is 2.41. The quantitative estimate of drug-likeness (QED) is 0.796. The Morgan fingerprint density at radius 3 is 2.67 bits per heavy atom. The third-order valence-electron chi connectivity index (χ3n) is 4.36. The molecule has 0 radical (unpaired) electrons. The van der Waals surface area contributed by atoms with Crippen molar-refractivity contribution in [3.63, 3.8) is 0 Å². The van der Waals surface area contributed by atoms with Crippen LogP contribution in [0.25, 0.3) is 0 Å². The summed E-state index contributed by atoms with van der Waals surface area (Å²) in [6, 6.07) is 1.25. The number of nitrogens with zero attached hydrogens (tertiary/aromatic N) is 1. The predicted molar refractivity (Wildman–Crippen MR) is 89.3 cm³/mol. The minimum Gasteiger partial charge on any atom is -0.502 e. The van der Waals surface area contributed by atoms with Gasteiger partial charge in [-0.05, 0) is 33.9 Å². The van der Waals surface area contributed by atoms with Crippen molar-refractivity contribution in [3.8, 4) is 5.75 Å². The molecule has 1 aromatic heterocycles. The van der Waals surface area contributed by atoms with Gasteiger partial charge in [0.05, 0.1) is 0 Å². The molecule has 134 valence electrons. The zero-order valence-corrected chi connectivity index (χ0v) is 14.6. The molecule has 24 heavy (non-hydrogen) atoms. The first-order valence-electron chi connectivity index (χ1n) is 8.17. The van der Waals surface area contributed by atoms with Crippen molar-refractivity contribution in [2.45, 2.75) is 31.6 Å². The van der Waals surface area contributed by atoms with E-state index in [1.807, 2.05) is 19.0 Å². The molecule has 2 heterocycles. The highest BCUT2D eigenvalue weighted by Crippen LogP contribution is 2.41. The number of ether oxygens (including phenoxy) is 1. The number of aryl methyl sites for hydroxylation is 1. The summed E-state index contributed by atoms with van der Waals surface area (Å²) in [5.41, 5.74) is -1.19. The van der Waals surface area contributed by atoms with Gasteiger partial charge in [0.25, 0.3) is 0 Å². The van der Waals surface area contributed by atoms with Crippen LogP contribution in [0.2, 0.25) is 0 Å². The summed E-state index contributed by atoms with van der Waals surface area (Å²) in [4.78, 5) is 26.3. The van der Waals surface area contributed by atoms with Crippen LogP contribution >= 0.6 is 0 Å². The summed E-state index contributed by atoms with van der Waals surface area (Å²) in [6.45, 7) is 3.87.